The molecule has 1 fully saturated rings. The number of hydrogen-bond donors (Lipinski definition) is 2. The second-order valence-electron chi connectivity index (χ2n) is 5.79. The van der Waals surface area contributed by atoms with Gasteiger partial charge in [-0.2, -0.15) is 0 Å². The van der Waals surface area contributed by atoms with E-state index in [9.17, 15) is 0 Å². The van der Waals surface area contributed by atoms with Crippen LogP contribution in [0.3, 0.4) is 0 Å². The predicted octanol–water partition coefficient (Wildman–Crippen LogP) is 0.933. The van der Waals surface area contributed by atoms with Crippen molar-refractivity contribution in [3.63, 3.8) is 0 Å². The molecule has 1 aliphatic rings. The molecule has 24 heavy (non-hydrogen) atoms. The van der Waals surface area contributed by atoms with Crippen LogP contribution in [0, 0.1) is 0 Å². The lowest BCUT2D eigenvalue weighted by Crippen LogP contribution is -2.46. The highest BCUT2D eigenvalue weighted by Crippen LogP contribution is 2.08. The van der Waals surface area contributed by atoms with Gasteiger partial charge in [0.1, 0.15) is 0 Å². The first kappa shape index (κ1) is 20.9. The monoisotopic (exact) mass is 399 g/mol. The van der Waals surface area contributed by atoms with Crippen molar-refractivity contribution in [3.8, 4) is 0 Å². The largest absolute Gasteiger partial charge is 0.383 e. The molecule has 0 aromatic heterocycles. The number of hydrogen-bond acceptors (Lipinski definition) is 4. The molecule has 0 aliphatic carbocycles. The smallest absolute Gasteiger partial charge is 0.188 e. The molecule has 0 unspecified atom stereocenters. The van der Waals surface area contributed by atoms with Crippen LogP contribution < -0.4 is 11.1 Å². The summed E-state index contributed by atoms with van der Waals surface area (Å²) in [6, 6.07) is 10.7. The van der Waals surface area contributed by atoms with Crippen molar-refractivity contribution in [3.05, 3.63) is 35.9 Å². The van der Waals surface area contributed by atoms with Gasteiger partial charge in [0.2, 0.25) is 0 Å². The number of benzene rings is 1. The van der Waals surface area contributed by atoms with Gasteiger partial charge < -0.3 is 15.8 Å². The third-order valence-corrected chi connectivity index (χ3v) is 4.02. The zero-order chi connectivity index (χ0) is 16.3. The maximum atomic E-state index is 5.79. The Bertz CT molecular complexity index is 463. The maximum absolute atomic E-state index is 5.79. The molecule has 1 aromatic rings. The van der Waals surface area contributed by atoms with Crippen LogP contribution in [0.15, 0.2) is 35.3 Å². The predicted molar refractivity (Wildman–Crippen MR) is 105 cm³/mol. The van der Waals surface area contributed by atoms with Gasteiger partial charge >= 0.3 is 0 Å². The van der Waals surface area contributed by atoms with E-state index >= 15 is 0 Å². The fraction of sp³-hybridized carbons (Fsp3) is 0.588. The normalized spacial score (nSPS) is 16.6. The molecule has 0 spiro atoms. The Morgan fingerprint density at radius 2 is 1.83 bits per heavy atom. The summed E-state index contributed by atoms with van der Waals surface area (Å²) in [5.74, 6) is 0.504. The fourth-order valence-corrected chi connectivity index (χ4v) is 2.66. The number of rotatable bonds is 8. The molecule has 1 aliphatic heterocycles. The van der Waals surface area contributed by atoms with E-state index < -0.39 is 0 Å². The van der Waals surface area contributed by atoms with Crippen LogP contribution >= 0.6 is 17.0 Å². The Balaban J connectivity index is 0.00000288. The lowest BCUT2D eigenvalue weighted by molar-refractivity contribution is 0.130. The van der Waals surface area contributed by atoms with Crippen molar-refractivity contribution in [1.82, 2.24) is 15.1 Å². The van der Waals surface area contributed by atoms with E-state index in [0.29, 0.717) is 19.1 Å². The molecule has 0 bridgehead atoms. The molecule has 6 nitrogen and oxygen atoms in total. The number of nitrogens with one attached hydrogen (secondary N) is 1. The molecule has 2 rings (SSSR count). The Morgan fingerprint density at radius 1 is 1.17 bits per heavy atom. The second kappa shape index (κ2) is 12.2. The Labute approximate surface area is 155 Å². The number of ether oxygens (including phenoxy) is 1. The molecule has 1 heterocycles. The lowest BCUT2D eigenvalue weighted by atomic mass is 10.2. The summed E-state index contributed by atoms with van der Waals surface area (Å²) in [5.41, 5.74) is 7.18. The molecule has 136 valence electrons. The van der Waals surface area contributed by atoms with Gasteiger partial charge in [0.25, 0.3) is 0 Å². The third-order valence-electron chi connectivity index (χ3n) is 4.02. The van der Waals surface area contributed by atoms with Crippen LogP contribution in [0.25, 0.3) is 0 Å². The summed E-state index contributed by atoms with van der Waals surface area (Å²) >= 11 is 0. The molecule has 7 heteroatoms. The number of aliphatic imine (C=N–C) groups is 1. The van der Waals surface area contributed by atoms with Gasteiger partial charge in [-0.15, -0.1) is 17.0 Å². The minimum absolute atomic E-state index is 0. The number of nitrogens with zero attached hydrogens (tertiary/aromatic N) is 3. The van der Waals surface area contributed by atoms with Crippen LogP contribution in [0.5, 0.6) is 0 Å². The summed E-state index contributed by atoms with van der Waals surface area (Å²) < 4.78 is 4.96. The van der Waals surface area contributed by atoms with Crippen LogP contribution in [-0.4, -0.2) is 75.3 Å². The van der Waals surface area contributed by atoms with E-state index in [-0.39, 0.29) is 17.0 Å². The molecule has 0 radical (unpaired) electrons. The van der Waals surface area contributed by atoms with Crippen molar-refractivity contribution in [1.29, 1.82) is 0 Å². The molecule has 0 atom stereocenters. The standard InChI is InChI=1S/C17H29N5O.BrH/c1-23-14-8-20-17(18)19-7-9-21-10-12-22(13-11-21)15-16-5-3-2-4-6-16;/h2-6H,7-15H2,1H3,(H3,18,19,20);1H. The van der Waals surface area contributed by atoms with Crippen molar-refractivity contribution in [2.75, 3.05) is 59.5 Å². The summed E-state index contributed by atoms with van der Waals surface area (Å²) in [5, 5.41) is 3.03. The first-order chi connectivity index (χ1) is 11.3. The van der Waals surface area contributed by atoms with E-state index in [4.69, 9.17) is 10.5 Å². The van der Waals surface area contributed by atoms with Crippen molar-refractivity contribution >= 4 is 22.9 Å². The molecule has 1 saturated heterocycles. The summed E-state index contributed by atoms with van der Waals surface area (Å²) in [6.45, 7) is 8.50. The molecular weight excluding hydrogens is 370 g/mol. The first-order valence-corrected chi connectivity index (χ1v) is 8.29. The van der Waals surface area contributed by atoms with Crippen LogP contribution in [-0.2, 0) is 11.3 Å². The third kappa shape index (κ3) is 8.10. The minimum Gasteiger partial charge on any atom is -0.383 e. The van der Waals surface area contributed by atoms with Gasteiger partial charge in [-0.05, 0) is 5.56 Å². The van der Waals surface area contributed by atoms with E-state index in [1.165, 1.54) is 5.56 Å². The first-order valence-electron chi connectivity index (χ1n) is 8.29. The van der Waals surface area contributed by atoms with E-state index in [1.807, 2.05) is 0 Å². The highest BCUT2D eigenvalue weighted by Gasteiger charge is 2.16. The van der Waals surface area contributed by atoms with Gasteiger partial charge in [-0.1, -0.05) is 30.3 Å². The van der Waals surface area contributed by atoms with Crippen molar-refractivity contribution in [2.45, 2.75) is 6.54 Å². The summed E-state index contributed by atoms with van der Waals surface area (Å²) in [7, 11) is 1.67. The van der Waals surface area contributed by atoms with Crippen LogP contribution in [0.4, 0.5) is 0 Å². The van der Waals surface area contributed by atoms with Gasteiger partial charge in [-0.25, -0.2) is 0 Å². The van der Waals surface area contributed by atoms with Gasteiger partial charge in [0.15, 0.2) is 5.96 Å². The molecule has 0 saturated carbocycles. The van der Waals surface area contributed by atoms with E-state index in [1.54, 1.807) is 7.11 Å². The molecule has 1 aromatic carbocycles. The van der Waals surface area contributed by atoms with Crippen LogP contribution in [0.2, 0.25) is 0 Å². The Hall–Kier alpha value is -1.15. The summed E-state index contributed by atoms with van der Waals surface area (Å²) in [4.78, 5) is 9.31. The SMILES string of the molecule is Br.COCCNC(N)=NCCN1CCN(Cc2ccccc2)CC1. The summed E-state index contributed by atoms with van der Waals surface area (Å²) in [6.07, 6.45) is 0. The van der Waals surface area contributed by atoms with E-state index in [2.05, 4.69) is 50.4 Å². The highest BCUT2D eigenvalue weighted by atomic mass is 79.9. The number of methoxy groups -OCH3 is 1. The second-order valence-corrected chi connectivity index (χ2v) is 5.79. The van der Waals surface area contributed by atoms with Crippen molar-refractivity contribution < 1.29 is 4.74 Å². The number of nitrogens with two attached hydrogens (primary N) is 1. The number of halogens is 1. The zero-order valence-electron chi connectivity index (χ0n) is 14.5. The lowest BCUT2D eigenvalue weighted by Gasteiger charge is -2.34. The van der Waals surface area contributed by atoms with E-state index in [0.717, 1.165) is 45.8 Å². The van der Waals surface area contributed by atoms with Crippen molar-refractivity contribution in [2.24, 2.45) is 10.7 Å². The molecule has 0 amide bonds. The average molecular weight is 400 g/mol. The van der Waals surface area contributed by atoms with Gasteiger partial charge in [-0.3, -0.25) is 14.8 Å². The van der Waals surface area contributed by atoms with Gasteiger partial charge in [0, 0.05) is 52.9 Å². The Morgan fingerprint density at radius 3 is 2.50 bits per heavy atom. The maximum Gasteiger partial charge on any atom is 0.188 e. The number of piperazine rings is 1. The zero-order valence-corrected chi connectivity index (χ0v) is 16.2. The molecular formula is C17H30BrN5O. The van der Waals surface area contributed by atoms with Crippen LogP contribution in [0.1, 0.15) is 5.56 Å². The minimum atomic E-state index is 0. The highest BCUT2D eigenvalue weighted by molar-refractivity contribution is 8.93. The van der Waals surface area contributed by atoms with Gasteiger partial charge in [0.05, 0.1) is 13.2 Å². The quantitative estimate of drug-likeness (QED) is 0.386. The number of guanidine groups is 1. The topological polar surface area (TPSA) is 66.1 Å². The average Bonchev–Trinajstić information content (AvgIpc) is 2.58. The Kier molecular flexibility index (Phi) is 10.7. The molecule has 3 N–H and O–H groups in total. The fourth-order valence-electron chi connectivity index (χ4n) is 2.66.